The van der Waals surface area contributed by atoms with Crippen LogP contribution in [0.2, 0.25) is 0 Å². The first-order valence-electron chi connectivity index (χ1n) is 6.40. The van der Waals surface area contributed by atoms with E-state index in [2.05, 4.69) is 0 Å². The van der Waals surface area contributed by atoms with Gasteiger partial charge in [0, 0.05) is 22.1 Å². The Morgan fingerprint density at radius 3 is 2.60 bits per heavy atom. The second kappa shape index (κ2) is 7.20. The van der Waals surface area contributed by atoms with Gasteiger partial charge >= 0.3 is 0 Å². The Morgan fingerprint density at radius 1 is 1.15 bits per heavy atom. The molecule has 106 valence electrons. The van der Waals surface area contributed by atoms with Gasteiger partial charge in [-0.3, -0.25) is 4.21 Å². The molecule has 0 amide bonds. The van der Waals surface area contributed by atoms with Crippen LogP contribution in [0.5, 0.6) is 5.75 Å². The fourth-order valence-electron chi connectivity index (χ4n) is 1.98. The molecule has 0 heterocycles. The number of halogens is 1. The topological polar surface area (TPSA) is 26.3 Å². The number of benzene rings is 2. The van der Waals surface area contributed by atoms with Gasteiger partial charge in [-0.05, 0) is 30.2 Å². The monoisotopic (exact) mass is 292 g/mol. The lowest BCUT2D eigenvalue weighted by atomic mass is 10.2. The number of aryl methyl sites for hydroxylation is 1. The molecule has 0 aromatic heterocycles. The second-order valence-corrected chi connectivity index (χ2v) is 6.06. The largest absolute Gasteiger partial charge is 0.496 e. The molecule has 0 fully saturated rings. The summed E-state index contributed by atoms with van der Waals surface area (Å²) in [6, 6.07) is 14.2. The Labute approximate surface area is 121 Å². The first-order chi connectivity index (χ1) is 9.69. The Bertz CT molecular complexity index is 584. The van der Waals surface area contributed by atoms with Crippen molar-refractivity contribution in [3.8, 4) is 5.75 Å². The first-order valence-corrected chi connectivity index (χ1v) is 7.89. The smallest absolute Gasteiger partial charge is 0.123 e. The van der Waals surface area contributed by atoms with Gasteiger partial charge in [0.25, 0.3) is 0 Å². The Balaban J connectivity index is 1.96. The van der Waals surface area contributed by atoms with Crippen molar-refractivity contribution in [2.24, 2.45) is 0 Å². The van der Waals surface area contributed by atoms with E-state index >= 15 is 0 Å². The maximum absolute atomic E-state index is 13.2. The lowest BCUT2D eigenvalue weighted by Crippen LogP contribution is -2.05. The zero-order valence-corrected chi connectivity index (χ0v) is 12.2. The van der Waals surface area contributed by atoms with Crippen molar-refractivity contribution in [1.29, 1.82) is 0 Å². The predicted octanol–water partition coefficient (Wildman–Crippen LogP) is 3.33. The highest BCUT2D eigenvalue weighted by molar-refractivity contribution is 7.84. The van der Waals surface area contributed by atoms with Crippen molar-refractivity contribution in [1.82, 2.24) is 0 Å². The van der Waals surface area contributed by atoms with Crippen LogP contribution in [0.4, 0.5) is 4.39 Å². The molecule has 0 saturated carbocycles. The molecular weight excluding hydrogens is 275 g/mol. The van der Waals surface area contributed by atoms with Gasteiger partial charge in [0.15, 0.2) is 0 Å². The summed E-state index contributed by atoms with van der Waals surface area (Å²) in [6.45, 7) is 0. The van der Waals surface area contributed by atoms with Crippen LogP contribution in [0.1, 0.15) is 11.1 Å². The predicted molar refractivity (Wildman–Crippen MR) is 79.8 cm³/mol. The van der Waals surface area contributed by atoms with Crippen molar-refractivity contribution in [2.75, 3.05) is 12.9 Å². The van der Waals surface area contributed by atoms with E-state index in [1.165, 1.54) is 19.2 Å². The summed E-state index contributed by atoms with van der Waals surface area (Å²) in [6.07, 6.45) is 0.755. The summed E-state index contributed by atoms with van der Waals surface area (Å²) in [7, 11) is 0.493. The Kier molecular flexibility index (Phi) is 5.30. The van der Waals surface area contributed by atoms with Crippen LogP contribution in [0.3, 0.4) is 0 Å². The molecule has 4 heteroatoms. The van der Waals surface area contributed by atoms with E-state index in [1.54, 1.807) is 6.07 Å². The molecule has 0 spiro atoms. The zero-order valence-electron chi connectivity index (χ0n) is 11.3. The molecule has 2 nitrogen and oxygen atoms in total. The van der Waals surface area contributed by atoms with Crippen molar-refractivity contribution in [3.05, 3.63) is 65.5 Å². The zero-order chi connectivity index (χ0) is 14.4. The molecule has 20 heavy (non-hydrogen) atoms. The van der Waals surface area contributed by atoms with Gasteiger partial charge in [-0.25, -0.2) is 4.39 Å². The quantitative estimate of drug-likeness (QED) is 0.816. The second-order valence-electron chi connectivity index (χ2n) is 4.48. The van der Waals surface area contributed by atoms with E-state index < -0.39 is 10.8 Å². The van der Waals surface area contributed by atoms with E-state index in [9.17, 15) is 8.60 Å². The third-order valence-corrected chi connectivity index (χ3v) is 4.31. The molecule has 2 rings (SSSR count). The lowest BCUT2D eigenvalue weighted by Gasteiger charge is -2.08. The van der Waals surface area contributed by atoms with Crippen molar-refractivity contribution in [2.45, 2.75) is 12.2 Å². The summed E-state index contributed by atoms with van der Waals surface area (Å²) < 4.78 is 30.5. The standard InChI is InChI=1S/C16H17FO2S/c1-19-16-8-7-15(17)11-14(16)12-20(18)10-9-13-5-3-2-4-6-13/h2-8,11H,9-10,12H2,1H3/t20-/m0/s1. The average molecular weight is 292 g/mol. The van der Waals surface area contributed by atoms with Gasteiger partial charge in [0.05, 0.1) is 12.9 Å². The molecule has 0 N–H and O–H groups in total. The highest BCUT2D eigenvalue weighted by Crippen LogP contribution is 2.21. The molecule has 0 unspecified atom stereocenters. The van der Waals surface area contributed by atoms with Crippen LogP contribution in [0, 0.1) is 5.82 Å². The highest BCUT2D eigenvalue weighted by Gasteiger charge is 2.09. The highest BCUT2D eigenvalue weighted by atomic mass is 32.2. The molecule has 0 saturated heterocycles. The van der Waals surface area contributed by atoms with E-state index in [0.29, 0.717) is 22.8 Å². The van der Waals surface area contributed by atoms with Gasteiger partial charge in [0.2, 0.25) is 0 Å². The third-order valence-electron chi connectivity index (χ3n) is 3.02. The minimum atomic E-state index is -1.04. The lowest BCUT2D eigenvalue weighted by molar-refractivity contribution is 0.410. The summed E-state index contributed by atoms with van der Waals surface area (Å²) >= 11 is 0. The third kappa shape index (κ3) is 4.17. The molecule has 0 bridgehead atoms. The number of hydrogen-bond acceptors (Lipinski definition) is 2. The molecule has 2 aromatic carbocycles. The van der Waals surface area contributed by atoms with E-state index in [4.69, 9.17) is 4.74 Å². The van der Waals surface area contributed by atoms with Crippen molar-refractivity contribution < 1.29 is 13.3 Å². The average Bonchev–Trinajstić information content (AvgIpc) is 2.46. The van der Waals surface area contributed by atoms with Crippen LogP contribution < -0.4 is 4.74 Å². The maximum atomic E-state index is 13.2. The minimum Gasteiger partial charge on any atom is -0.496 e. The van der Waals surface area contributed by atoms with Crippen molar-refractivity contribution in [3.63, 3.8) is 0 Å². The van der Waals surface area contributed by atoms with Crippen LogP contribution in [0.25, 0.3) is 0 Å². The molecule has 2 aromatic rings. The normalized spacial score (nSPS) is 12.1. The van der Waals surface area contributed by atoms with Crippen molar-refractivity contribution >= 4 is 10.8 Å². The van der Waals surface area contributed by atoms with Crippen LogP contribution in [-0.2, 0) is 23.0 Å². The van der Waals surface area contributed by atoms with Gasteiger partial charge in [-0.15, -0.1) is 0 Å². The maximum Gasteiger partial charge on any atom is 0.123 e. The molecule has 0 radical (unpaired) electrons. The summed E-state index contributed by atoms with van der Waals surface area (Å²) in [5.74, 6) is 1.12. The van der Waals surface area contributed by atoms with Crippen LogP contribution in [0.15, 0.2) is 48.5 Å². The molecule has 1 atom stereocenters. The summed E-state index contributed by atoms with van der Waals surface area (Å²) in [5, 5.41) is 0. The Morgan fingerprint density at radius 2 is 1.90 bits per heavy atom. The molecule has 0 aliphatic rings. The van der Waals surface area contributed by atoms with E-state index in [-0.39, 0.29) is 5.82 Å². The first kappa shape index (κ1) is 14.7. The summed E-state index contributed by atoms with van der Waals surface area (Å²) in [4.78, 5) is 0. The number of methoxy groups -OCH3 is 1. The van der Waals surface area contributed by atoms with Gasteiger partial charge in [0.1, 0.15) is 11.6 Å². The van der Waals surface area contributed by atoms with Crippen LogP contribution >= 0.6 is 0 Å². The SMILES string of the molecule is COc1ccc(F)cc1C[S@@](=O)CCc1ccccc1. The van der Waals surface area contributed by atoms with Gasteiger partial charge < -0.3 is 4.74 Å². The molecule has 0 aliphatic carbocycles. The minimum absolute atomic E-state index is 0.313. The van der Waals surface area contributed by atoms with Gasteiger partial charge in [-0.1, -0.05) is 30.3 Å². The Hall–Kier alpha value is -1.68. The van der Waals surface area contributed by atoms with Gasteiger partial charge in [-0.2, -0.15) is 0 Å². The number of ether oxygens (including phenoxy) is 1. The molecule has 0 aliphatic heterocycles. The fraction of sp³-hybridized carbons (Fsp3) is 0.250. The number of rotatable bonds is 6. The van der Waals surface area contributed by atoms with Crippen LogP contribution in [-0.4, -0.2) is 17.1 Å². The molecular formula is C16H17FO2S. The van der Waals surface area contributed by atoms with E-state index in [0.717, 1.165) is 12.0 Å². The number of hydrogen-bond donors (Lipinski definition) is 0. The summed E-state index contributed by atoms with van der Waals surface area (Å²) in [5.41, 5.74) is 1.81. The fourth-order valence-corrected chi connectivity index (χ4v) is 3.16. The van der Waals surface area contributed by atoms with E-state index in [1.807, 2.05) is 30.3 Å².